The van der Waals surface area contributed by atoms with E-state index >= 15 is 0 Å². The average Bonchev–Trinajstić information content (AvgIpc) is 3.30. The van der Waals surface area contributed by atoms with Gasteiger partial charge in [0.1, 0.15) is 5.82 Å². The van der Waals surface area contributed by atoms with Crippen LogP contribution in [0.3, 0.4) is 0 Å². The van der Waals surface area contributed by atoms with Crippen molar-refractivity contribution in [2.45, 2.75) is 6.92 Å². The fourth-order valence-corrected chi connectivity index (χ4v) is 2.89. The van der Waals surface area contributed by atoms with E-state index in [0.29, 0.717) is 11.4 Å². The molecule has 6 nitrogen and oxygen atoms in total. The monoisotopic (exact) mass is 376 g/mol. The minimum absolute atomic E-state index is 0.161. The molecule has 7 heteroatoms. The predicted octanol–water partition coefficient (Wildman–Crippen LogP) is 4.44. The smallest absolute Gasteiger partial charge is 0.277 e. The number of halogens is 1. The SMILES string of the molecule is Cc1c(-c2cc(C(=O)Nc3cccc(-c4cccc(F)c4)c3)no2)cnn1C. The fraction of sp³-hybridized carbons (Fsp3) is 0.0952. The number of aromatic nitrogens is 3. The zero-order valence-electron chi connectivity index (χ0n) is 15.3. The molecular formula is C21H17FN4O2. The van der Waals surface area contributed by atoms with Crippen LogP contribution in [-0.2, 0) is 7.05 Å². The van der Waals surface area contributed by atoms with Gasteiger partial charge in [-0.05, 0) is 42.3 Å². The Kier molecular flexibility index (Phi) is 4.49. The van der Waals surface area contributed by atoms with Crippen molar-refractivity contribution in [2.24, 2.45) is 7.05 Å². The minimum Gasteiger partial charge on any atom is -0.355 e. The molecule has 1 N–H and O–H groups in total. The van der Waals surface area contributed by atoms with E-state index in [4.69, 9.17) is 4.52 Å². The molecule has 0 fully saturated rings. The van der Waals surface area contributed by atoms with Crippen LogP contribution in [0.2, 0.25) is 0 Å². The molecule has 0 aliphatic rings. The van der Waals surface area contributed by atoms with Crippen molar-refractivity contribution < 1.29 is 13.7 Å². The summed E-state index contributed by atoms with van der Waals surface area (Å²) in [6.45, 7) is 1.91. The van der Waals surface area contributed by atoms with Gasteiger partial charge < -0.3 is 9.84 Å². The lowest BCUT2D eigenvalue weighted by Gasteiger charge is -2.06. The molecule has 2 aromatic carbocycles. The third kappa shape index (κ3) is 3.42. The van der Waals surface area contributed by atoms with Gasteiger partial charge in [0.25, 0.3) is 5.91 Å². The topological polar surface area (TPSA) is 73.0 Å². The molecule has 4 aromatic rings. The van der Waals surface area contributed by atoms with Crippen molar-refractivity contribution in [3.8, 4) is 22.5 Å². The van der Waals surface area contributed by atoms with Crippen LogP contribution >= 0.6 is 0 Å². The van der Waals surface area contributed by atoms with Crippen LogP contribution in [-0.4, -0.2) is 20.8 Å². The Labute approximate surface area is 160 Å². The quantitative estimate of drug-likeness (QED) is 0.571. The summed E-state index contributed by atoms with van der Waals surface area (Å²) in [5.41, 5.74) is 3.95. The molecule has 0 saturated carbocycles. The molecule has 1 amide bonds. The van der Waals surface area contributed by atoms with Crippen LogP contribution in [0.25, 0.3) is 22.5 Å². The second-order valence-electron chi connectivity index (χ2n) is 6.39. The van der Waals surface area contributed by atoms with Crippen molar-refractivity contribution in [3.05, 3.63) is 78.0 Å². The number of anilines is 1. The van der Waals surface area contributed by atoms with E-state index in [2.05, 4.69) is 15.6 Å². The number of hydrogen-bond acceptors (Lipinski definition) is 4. The van der Waals surface area contributed by atoms with E-state index in [1.165, 1.54) is 12.1 Å². The third-order valence-electron chi connectivity index (χ3n) is 4.52. The summed E-state index contributed by atoms with van der Waals surface area (Å²) in [4.78, 5) is 12.5. The normalized spacial score (nSPS) is 10.8. The summed E-state index contributed by atoms with van der Waals surface area (Å²) in [6.07, 6.45) is 1.67. The fourth-order valence-electron chi connectivity index (χ4n) is 2.89. The molecule has 0 aliphatic carbocycles. The molecule has 28 heavy (non-hydrogen) atoms. The molecule has 0 radical (unpaired) electrons. The first-order chi connectivity index (χ1) is 13.5. The number of aryl methyl sites for hydroxylation is 1. The summed E-state index contributed by atoms with van der Waals surface area (Å²) >= 11 is 0. The largest absolute Gasteiger partial charge is 0.355 e. The van der Waals surface area contributed by atoms with Crippen molar-refractivity contribution in [2.75, 3.05) is 5.32 Å². The van der Waals surface area contributed by atoms with Gasteiger partial charge in [0, 0.05) is 24.5 Å². The first-order valence-corrected chi connectivity index (χ1v) is 8.64. The molecule has 2 aromatic heterocycles. The molecule has 0 aliphatic heterocycles. The van der Waals surface area contributed by atoms with Gasteiger partial charge in [-0.2, -0.15) is 5.10 Å². The molecule has 0 bridgehead atoms. The Morgan fingerprint density at radius 3 is 2.57 bits per heavy atom. The van der Waals surface area contributed by atoms with E-state index in [9.17, 15) is 9.18 Å². The Morgan fingerprint density at radius 1 is 1.11 bits per heavy atom. The van der Waals surface area contributed by atoms with Gasteiger partial charge in [-0.3, -0.25) is 9.48 Å². The van der Waals surface area contributed by atoms with Gasteiger partial charge in [-0.1, -0.05) is 29.4 Å². The van der Waals surface area contributed by atoms with Crippen molar-refractivity contribution in [1.82, 2.24) is 14.9 Å². The molecule has 0 saturated heterocycles. The highest BCUT2D eigenvalue weighted by molar-refractivity contribution is 6.03. The van der Waals surface area contributed by atoms with E-state index < -0.39 is 5.91 Å². The Balaban J connectivity index is 1.55. The lowest BCUT2D eigenvalue weighted by molar-refractivity contribution is 0.101. The third-order valence-corrected chi connectivity index (χ3v) is 4.52. The van der Waals surface area contributed by atoms with Gasteiger partial charge in [0.05, 0.1) is 11.8 Å². The number of nitrogens with one attached hydrogen (secondary N) is 1. The van der Waals surface area contributed by atoms with Crippen LogP contribution < -0.4 is 5.32 Å². The second kappa shape index (κ2) is 7.11. The number of hydrogen-bond donors (Lipinski definition) is 1. The summed E-state index contributed by atoms with van der Waals surface area (Å²) in [6, 6.07) is 15.0. The number of amides is 1. The number of carbonyl (C=O) groups excluding carboxylic acids is 1. The molecular weight excluding hydrogens is 359 g/mol. The van der Waals surface area contributed by atoms with Gasteiger partial charge in [0.15, 0.2) is 11.5 Å². The highest BCUT2D eigenvalue weighted by Crippen LogP contribution is 2.25. The Hall–Kier alpha value is -3.74. The maximum Gasteiger partial charge on any atom is 0.277 e. The van der Waals surface area contributed by atoms with Crippen molar-refractivity contribution in [1.29, 1.82) is 0 Å². The first-order valence-electron chi connectivity index (χ1n) is 8.64. The van der Waals surface area contributed by atoms with Crippen molar-refractivity contribution >= 4 is 11.6 Å². The van der Waals surface area contributed by atoms with Crippen LogP contribution in [0.1, 0.15) is 16.2 Å². The standard InChI is InChI=1S/C21H17FN4O2/c1-13-18(12-23-26(13)2)20-11-19(25-28-20)21(27)24-17-8-4-6-15(10-17)14-5-3-7-16(22)9-14/h3-12H,1-2H3,(H,24,27). The second-order valence-corrected chi connectivity index (χ2v) is 6.39. The summed E-state index contributed by atoms with van der Waals surface area (Å²) < 4.78 is 20.5. The van der Waals surface area contributed by atoms with E-state index in [0.717, 1.165) is 22.4 Å². The summed E-state index contributed by atoms with van der Waals surface area (Å²) in [5, 5.41) is 10.8. The molecule has 0 atom stereocenters. The highest BCUT2D eigenvalue weighted by atomic mass is 19.1. The lowest BCUT2D eigenvalue weighted by Crippen LogP contribution is -2.12. The Morgan fingerprint density at radius 2 is 1.86 bits per heavy atom. The van der Waals surface area contributed by atoms with Crippen molar-refractivity contribution in [3.63, 3.8) is 0 Å². The summed E-state index contributed by atoms with van der Waals surface area (Å²) in [5.74, 6) is -0.232. The van der Waals surface area contributed by atoms with Gasteiger partial charge in [-0.25, -0.2) is 4.39 Å². The molecule has 0 unspecified atom stereocenters. The predicted molar refractivity (Wildman–Crippen MR) is 103 cm³/mol. The first kappa shape index (κ1) is 17.7. The summed E-state index contributed by atoms with van der Waals surface area (Å²) in [7, 11) is 1.83. The Bertz CT molecular complexity index is 1160. The van der Waals surface area contributed by atoms with Crippen LogP contribution in [0.5, 0.6) is 0 Å². The van der Waals surface area contributed by atoms with E-state index in [1.807, 2.05) is 26.1 Å². The number of carbonyl (C=O) groups is 1. The van der Waals surface area contributed by atoms with E-state index in [1.54, 1.807) is 41.2 Å². The molecule has 140 valence electrons. The maximum atomic E-state index is 13.5. The number of nitrogens with zero attached hydrogens (tertiary/aromatic N) is 3. The molecule has 0 spiro atoms. The lowest BCUT2D eigenvalue weighted by atomic mass is 10.1. The van der Waals surface area contributed by atoms with Gasteiger partial charge in [0.2, 0.25) is 0 Å². The molecule has 2 heterocycles. The van der Waals surface area contributed by atoms with Crippen LogP contribution in [0.15, 0.2) is 65.3 Å². The van der Waals surface area contributed by atoms with Crippen LogP contribution in [0, 0.1) is 12.7 Å². The molecule has 4 rings (SSSR count). The highest BCUT2D eigenvalue weighted by Gasteiger charge is 2.17. The van der Waals surface area contributed by atoms with E-state index in [-0.39, 0.29) is 11.5 Å². The zero-order valence-corrected chi connectivity index (χ0v) is 15.3. The number of rotatable bonds is 4. The van der Waals surface area contributed by atoms with Gasteiger partial charge in [-0.15, -0.1) is 0 Å². The average molecular weight is 376 g/mol. The maximum absolute atomic E-state index is 13.5. The van der Waals surface area contributed by atoms with Gasteiger partial charge >= 0.3 is 0 Å². The number of benzene rings is 2. The minimum atomic E-state index is -0.395. The zero-order chi connectivity index (χ0) is 19.7. The van der Waals surface area contributed by atoms with Crippen LogP contribution in [0.4, 0.5) is 10.1 Å².